The van der Waals surface area contributed by atoms with Crippen molar-refractivity contribution in [1.29, 1.82) is 0 Å². The summed E-state index contributed by atoms with van der Waals surface area (Å²) in [4.78, 5) is 0. The molecule has 176 valence electrons. The van der Waals surface area contributed by atoms with Gasteiger partial charge in [-0.25, -0.2) is 0 Å². The zero-order valence-electron chi connectivity index (χ0n) is 21.3. The monoisotopic (exact) mass is 468 g/mol. The van der Waals surface area contributed by atoms with Gasteiger partial charge in [0.15, 0.2) is 12.4 Å². The molecule has 1 aliphatic heterocycles. The quantitative estimate of drug-likeness (QED) is 0.240. The summed E-state index contributed by atoms with van der Waals surface area (Å²) < 4.78 is 5.00. The Labute approximate surface area is 213 Å². The van der Waals surface area contributed by atoms with Crippen LogP contribution in [0.15, 0.2) is 109 Å². The Morgan fingerprint density at radius 2 is 1.36 bits per heavy atom. The first-order valence-electron chi connectivity index (χ1n) is 13.0. The van der Waals surface area contributed by atoms with Crippen LogP contribution in [0.25, 0.3) is 45.1 Å². The van der Waals surface area contributed by atoms with Crippen molar-refractivity contribution >= 4 is 22.5 Å². The van der Waals surface area contributed by atoms with Gasteiger partial charge in [-0.2, -0.15) is 9.13 Å². The molecule has 0 unspecified atom stereocenters. The minimum absolute atomic E-state index is 0.220. The molecule has 5 aromatic rings. The zero-order chi connectivity index (χ0) is 24.7. The van der Waals surface area contributed by atoms with Crippen molar-refractivity contribution in [3.05, 3.63) is 121 Å². The fraction of sp³-hybridized carbons (Fsp3) is 0.176. The molecule has 6 rings (SSSR count). The van der Waals surface area contributed by atoms with E-state index in [1.54, 1.807) is 0 Å². The van der Waals surface area contributed by atoms with E-state index in [9.17, 15) is 0 Å². The molecule has 3 heterocycles. The number of rotatable bonds is 4. The summed E-state index contributed by atoms with van der Waals surface area (Å²) in [5.41, 5.74) is 8.69. The highest BCUT2D eigenvalue weighted by atomic mass is 15.1. The third-order valence-corrected chi connectivity index (χ3v) is 8.02. The molecule has 0 fully saturated rings. The first-order chi connectivity index (χ1) is 17.7. The van der Waals surface area contributed by atoms with Crippen molar-refractivity contribution in [1.82, 2.24) is 0 Å². The van der Waals surface area contributed by atoms with Gasteiger partial charge >= 0.3 is 0 Å². The first kappa shape index (κ1) is 22.4. The maximum atomic E-state index is 2.56. The second kappa shape index (κ2) is 8.87. The third kappa shape index (κ3) is 3.32. The van der Waals surface area contributed by atoms with Gasteiger partial charge in [0.25, 0.3) is 11.2 Å². The normalized spacial score (nSPS) is 14.0. The number of fused-ring (bicyclic) bond motifs is 5. The predicted octanol–water partition coefficient (Wildman–Crippen LogP) is 7.58. The lowest BCUT2D eigenvalue weighted by atomic mass is 9.86. The van der Waals surface area contributed by atoms with E-state index in [0.29, 0.717) is 0 Å². The SMILES string of the molecule is CCC1(CC)C([n+]2ccccc2-c2ccccc2C)=Cc2ccccc2-c2c3ccccc3cc[n+]21. The van der Waals surface area contributed by atoms with E-state index >= 15 is 0 Å². The van der Waals surface area contributed by atoms with Gasteiger partial charge < -0.3 is 0 Å². The van der Waals surface area contributed by atoms with E-state index < -0.39 is 0 Å². The molecule has 0 saturated carbocycles. The molecule has 0 N–H and O–H groups in total. The molecule has 1 aliphatic rings. The van der Waals surface area contributed by atoms with Crippen LogP contribution >= 0.6 is 0 Å². The number of aryl methyl sites for hydroxylation is 1. The van der Waals surface area contributed by atoms with Gasteiger partial charge in [0.05, 0.1) is 10.9 Å². The van der Waals surface area contributed by atoms with Crippen LogP contribution in [0.2, 0.25) is 0 Å². The van der Waals surface area contributed by atoms with E-state index in [0.717, 1.165) is 12.8 Å². The maximum Gasteiger partial charge on any atom is 0.260 e. The summed E-state index contributed by atoms with van der Waals surface area (Å²) in [6.45, 7) is 6.86. The minimum atomic E-state index is -0.220. The Hall–Kier alpha value is -4.04. The number of hydrogen-bond donors (Lipinski definition) is 0. The Morgan fingerprint density at radius 1 is 0.667 bits per heavy atom. The molecule has 2 nitrogen and oxygen atoms in total. The van der Waals surface area contributed by atoms with Gasteiger partial charge in [0, 0.05) is 42.7 Å². The van der Waals surface area contributed by atoms with Crippen molar-refractivity contribution in [2.24, 2.45) is 0 Å². The van der Waals surface area contributed by atoms with E-state index in [-0.39, 0.29) is 5.54 Å². The lowest BCUT2D eigenvalue weighted by Gasteiger charge is -2.26. The highest BCUT2D eigenvalue weighted by Gasteiger charge is 2.51. The number of hydrogen-bond acceptors (Lipinski definition) is 0. The molecular weight excluding hydrogens is 436 g/mol. The fourth-order valence-electron chi connectivity index (χ4n) is 6.07. The number of aromatic nitrogens is 2. The molecule has 0 spiro atoms. The average Bonchev–Trinajstić information content (AvgIpc) is 3.06. The van der Waals surface area contributed by atoms with Crippen molar-refractivity contribution in [2.45, 2.75) is 39.2 Å². The second-order valence-electron chi connectivity index (χ2n) is 9.75. The van der Waals surface area contributed by atoms with E-state index in [1.165, 1.54) is 50.1 Å². The van der Waals surface area contributed by atoms with Crippen molar-refractivity contribution in [2.75, 3.05) is 0 Å². The smallest absolute Gasteiger partial charge is 0.182 e. The Bertz CT molecular complexity index is 1620. The topological polar surface area (TPSA) is 7.76 Å². The van der Waals surface area contributed by atoms with Gasteiger partial charge in [0.2, 0.25) is 11.4 Å². The molecule has 3 aromatic carbocycles. The maximum absolute atomic E-state index is 2.56. The third-order valence-electron chi connectivity index (χ3n) is 8.02. The van der Waals surface area contributed by atoms with Crippen LogP contribution in [0.1, 0.15) is 37.8 Å². The molecular formula is C34H32N2+2. The fourth-order valence-corrected chi connectivity index (χ4v) is 6.07. The molecule has 0 aliphatic carbocycles. The summed E-state index contributed by atoms with van der Waals surface area (Å²) >= 11 is 0. The van der Waals surface area contributed by atoms with E-state index in [2.05, 4.69) is 145 Å². The largest absolute Gasteiger partial charge is 0.260 e. The number of pyridine rings is 2. The highest BCUT2D eigenvalue weighted by Crippen LogP contribution is 2.40. The Kier molecular flexibility index (Phi) is 5.53. The van der Waals surface area contributed by atoms with Crippen LogP contribution in [0.5, 0.6) is 0 Å². The molecule has 2 heteroatoms. The van der Waals surface area contributed by atoms with Gasteiger partial charge in [-0.05, 0) is 47.7 Å². The number of benzene rings is 3. The van der Waals surface area contributed by atoms with Crippen molar-refractivity contribution in [3.8, 4) is 22.5 Å². The zero-order valence-corrected chi connectivity index (χ0v) is 21.3. The van der Waals surface area contributed by atoms with Crippen LogP contribution < -0.4 is 9.13 Å². The van der Waals surface area contributed by atoms with Crippen LogP contribution in [0.3, 0.4) is 0 Å². The summed E-state index contributed by atoms with van der Waals surface area (Å²) in [7, 11) is 0. The van der Waals surface area contributed by atoms with Crippen molar-refractivity contribution < 1.29 is 9.13 Å². The minimum Gasteiger partial charge on any atom is -0.182 e. The second-order valence-corrected chi connectivity index (χ2v) is 9.75. The highest BCUT2D eigenvalue weighted by molar-refractivity contribution is 5.96. The lowest BCUT2D eigenvalue weighted by molar-refractivity contribution is -0.761. The molecule has 0 radical (unpaired) electrons. The average molecular weight is 469 g/mol. The molecule has 2 aromatic heterocycles. The summed E-state index contributed by atoms with van der Waals surface area (Å²) in [5, 5.41) is 2.57. The Balaban J connectivity index is 1.74. The standard InChI is InChI=1S/C34H32N2/c1-4-34(5-2)32(35-22-13-12-20-31(35)28-17-9-6-14-25(28)3)24-27-16-8-11-19-30(27)33-29-18-10-7-15-26(29)21-23-36(33)34/h6-24H,4-5H2,1-3H3/q+2. The molecule has 0 saturated heterocycles. The van der Waals surface area contributed by atoms with Gasteiger partial charge in [0.1, 0.15) is 0 Å². The predicted molar refractivity (Wildman–Crippen MR) is 149 cm³/mol. The van der Waals surface area contributed by atoms with E-state index in [1.807, 2.05) is 0 Å². The van der Waals surface area contributed by atoms with Crippen molar-refractivity contribution in [3.63, 3.8) is 0 Å². The summed E-state index contributed by atoms with van der Waals surface area (Å²) in [6, 6.07) is 35.2. The first-order valence-corrected chi connectivity index (χ1v) is 13.0. The van der Waals surface area contributed by atoms with Crippen LogP contribution in [0, 0.1) is 6.92 Å². The van der Waals surface area contributed by atoms with Crippen LogP contribution in [-0.2, 0) is 5.54 Å². The van der Waals surface area contributed by atoms with Crippen LogP contribution in [-0.4, -0.2) is 0 Å². The number of nitrogens with zero attached hydrogens (tertiary/aromatic N) is 2. The molecule has 0 bridgehead atoms. The number of allylic oxidation sites excluding steroid dienone is 1. The Morgan fingerprint density at radius 3 is 2.17 bits per heavy atom. The van der Waals surface area contributed by atoms with E-state index in [4.69, 9.17) is 0 Å². The molecule has 0 amide bonds. The van der Waals surface area contributed by atoms with Crippen LogP contribution in [0.4, 0.5) is 0 Å². The summed E-state index contributed by atoms with van der Waals surface area (Å²) in [6.07, 6.45) is 8.95. The molecule has 0 atom stereocenters. The van der Waals surface area contributed by atoms with Gasteiger partial charge in [-0.1, -0.05) is 68.4 Å². The molecule has 36 heavy (non-hydrogen) atoms. The van der Waals surface area contributed by atoms with Gasteiger partial charge in [-0.3, -0.25) is 0 Å². The lowest BCUT2D eigenvalue weighted by Crippen LogP contribution is -2.62. The summed E-state index contributed by atoms with van der Waals surface area (Å²) in [5.74, 6) is 0. The van der Waals surface area contributed by atoms with Gasteiger partial charge in [-0.15, -0.1) is 0 Å².